The summed E-state index contributed by atoms with van der Waals surface area (Å²) in [6, 6.07) is 22.6. The van der Waals surface area contributed by atoms with E-state index < -0.39 is 0 Å². The Balaban J connectivity index is 1.90. The van der Waals surface area contributed by atoms with Gasteiger partial charge in [-0.2, -0.15) is 0 Å². The Morgan fingerprint density at radius 1 is 0.957 bits per heavy atom. The lowest BCUT2D eigenvalue weighted by Crippen LogP contribution is -2.33. The summed E-state index contributed by atoms with van der Waals surface area (Å²) in [7, 11) is 1.93. The minimum absolute atomic E-state index is 0.471. The van der Waals surface area contributed by atoms with Gasteiger partial charge in [0, 0.05) is 17.6 Å². The molecule has 0 aromatic heterocycles. The molecule has 0 aliphatic carbocycles. The highest BCUT2D eigenvalue weighted by Crippen LogP contribution is 2.23. The SMILES string of the molecule is CSc1cccc(N(C)C(N)=Nc2ccc3ccccc3c2)c1. The summed E-state index contributed by atoms with van der Waals surface area (Å²) >= 11 is 1.71. The van der Waals surface area contributed by atoms with Crippen molar-refractivity contribution in [2.24, 2.45) is 10.7 Å². The Kier molecular flexibility index (Phi) is 4.53. The molecular weight excluding hydrogens is 302 g/mol. The second kappa shape index (κ2) is 6.75. The number of rotatable bonds is 3. The van der Waals surface area contributed by atoms with Crippen molar-refractivity contribution in [3.05, 3.63) is 66.7 Å². The van der Waals surface area contributed by atoms with Crippen molar-refractivity contribution < 1.29 is 0 Å². The molecule has 0 unspecified atom stereocenters. The van der Waals surface area contributed by atoms with Crippen LogP contribution in [0.5, 0.6) is 0 Å². The number of nitrogens with zero attached hydrogens (tertiary/aromatic N) is 2. The van der Waals surface area contributed by atoms with Crippen LogP contribution in [0.3, 0.4) is 0 Å². The lowest BCUT2D eigenvalue weighted by molar-refractivity contribution is 1.21. The zero-order valence-corrected chi connectivity index (χ0v) is 14.0. The molecule has 4 heteroatoms. The fourth-order valence-electron chi connectivity index (χ4n) is 2.40. The van der Waals surface area contributed by atoms with E-state index in [1.165, 1.54) is 10.3 Å². The molecule has 0 aliphatic heterocycles. The lowest BCUT2D eigenvalue weighted by Gasteiger charge is -2.18. The fourth-order valence-corrected chi connectivity index (χ4v) is 2.86. The highest BCUT2D eigenvalue weighted by atomic mass is 32.2. The van der Waals surface area contributed by atoms with Crippen LogP contribution in [0.25, 0.3) is 10.8 Å². The number of aliphatic imine (C=N–C) groups is 1. The maximum atomic E-state index is 6.19. The van der Waals surface area contributed by atoms with Crippen LogP contribution in [0, 0.1) is 0 Å². The van der Waals surface area contributed by atoms with Gasteiger partial charge in [-0.05, 0) is 47.4 Å². The van der Waals surface area contributed by atoms with E-state index in [9.17, 15) is 0 Å². The Morgan fingerprint density at radius 3 is 2.52 bits per heavy atom. The molecule has 116 valence electrons. The Labute approximate surface area is 140 Å². The van der Waals surface area contributed by atoms with E-state index in [1.54, 1.807) is 11.8 Å². The van der Waals surface area contributed by atoms with Crippen molar-refractivity contribution in [1.82, 2.24) is 0 Å². The monoisotopic (exact) mass is 321 g/mol. The molecule has 0 aliphatic rings. The predicted molar refractivity (Wildman–Crippen MR) is 102 cm³/mol. The molecule has 0 fully saturated rings. The average Bonchev–Trinajstić information content (AvgIpc) is 2.61. The normalized spacial score (nSPS) is 11.7. The van der Waals surface area contributed by atoms with E-state index in [4.69, 9.17) is 5.73 Å². The molecule has 2 N–H and O–H groups in total. The van der Waals surface area contributed by atoms with Crippen LogP contribution in [0.1, 0.15) is 0 Å². The molecule has 0 spiro atoms. The first-order valence-corrected chi connectivity index (χ1v) is 8.60. The van der Waals surface area contributed by atoms with Crippen LogP contribution in [0.4, 0.5) is 11.4 Å². The number of thioether (sulfide) groups is 1. The molecular formula is C19H19N3S. The van der Waals surface area contributed by atoms with Gasteiger partial charge >= 0.3 is 0 Å². The van der Waals surface area contributed by atoms with Gasteiger partial charge in [0.1, 0.15) is 0 Å². The largest absolute Gasteiger partial charge is 0.369 e. The summed E-state index contributed by atoms with van der Waals surface area (Å²) in [6.07, 6.45) is 2.06. The number of anilines is 1. The number of benzene rings is 3. The van der Waals surface area contributed by atoms with Crippen LogP contribution in [-0.4, -0.2) is 19.3 Å². The topological polar surface area (TPSA) is 41.6 Å². The molecule has 3 rings (SSSR count). The maximum absolute atomic E-state index is 6.19. The Bertz CT molecular complexity index is 858. The summed E-state index contributed by atoms with van der Waals surface area (Å²) < 4.78 is 0. The van der Waals surface area contributed by atoms with Crippen LogP contribution in [0.2, 0.25) is 0 Å². The van der Waals surface area contributed by atoms with Gasteiger partial charge in [-0.15, -0.1) is 11.8 Å². The third kappa shape index (κ3) is 3.48. The van der Waals surface area contributed by atoms with Gasteiger partial charge in [-0.1, -0.05) is 36.4 Å². The number of guanidine groups is 1. The first kappa shape index (κ1) is 15.4. The second-order valence-corrected chi connectivity index (χ2v) is 6.14. The van der Waals surface area contributed by atoms with Crippen molar-refractivity contribution in [2.75, 3.05) is 18.2 Å². The number of hydrogen-bond donors (Lipinski definition) is 1. The van der Waals surface area contributed by atoms with Crippen LogP contribution < -0.4 is 10.6 Å². The van der Waals surface area contributed by atoms with Gasteiger partial charge in [0.05, 0.1) is 5.69 Å². The standard InChI is InChI=1S/C19H19N3S/c1-22(17-8-5-9-18(13-17)23-2)19(20)21-16-11-10-14-6-3-4-7-15(14)12-16/h3-13H,1-2H3,(H2,20,21). The van der Waals surface area contributed by atoms with Gasteiger partial charge in [0.2, 0.25) is 5.96 Å². The summed E-state index contributed by atoms with van der Waals surface area (Å²) in [5.74, 6) is 0.471. The molecule has 3 aromatic carbocycles. The van der Waals surface area contributed by atoms with Gasteiger partial charge in [0.25, 0.3) is 0 Å². The third-order valence-corrected chi connectivity index (χ3v) is 4.49. The van der Waals surface area contributed by atoms with Crippen LogP contribution in [-0.2, 0) is 0 Å². The number of fused-ring (bicyclic) bond motifs is 1. The minimum Gasteiger partial charge on any atom is -0.369 e. The zero-order valence-electron chi connectivity index (χ0n) is 13.2. The molecule has 0 bridgehead atoms. The molecule has 3 aromatic rings. The summed E-state index contributed by atoms with van der Waals surface area (Å²) in [6.45, 7) is 0. The van der Waals surface area contributed by atoms with E-state index in [-0.39, 0.29) is 0 Å². The first-order chi connectivity index (χ1) is 11.2. The molecule has 0 saturated carbocycles. The smallest absolute Gasteiger partial charge is 0.200 e. The van der Waals surface area contributed by atoms with Crippen molar-refractivity contribution in [3.63, 3.8) is 0 Å². The number of hydrogen-bond acceptors (Lipinski definition) is 2. The first-order valence-electron chi connectivity index (χ1n) is 7.38. The quantitative estimate of drug-likeness (QED) is 0.434. The molecule has 23 heavy (non-hydrogen) atoms. The molecule has 0 atom stereocenters. The minimum atomic E-state index is 0.471. The van der Waals surface area contributed by atoms with E-state index in [1.807, 2.05) is 48.3 Å². The molecule has 0 heterocycles. The highest BCUT2D eigenvalue weighted by molar-refractivity contribution is 7.98. The van der Waals surface area contributed by atoms with Crippen molar-refractivity contribution in [3.8, 4) is 0 Å². The highest BCUT2D eigenvalue weighted by Gasteiger charge is 2.06. The van der Waals surface area contributed by atoms with Crippen LogP contribution in [0.15, 0.2) is 76.6 Å². The molecule has 0 amide bonds. The fraction of sp³-hybridized carbons (Fsp3) is 0.105. The van der Waals surface area contributed by atoms with Gasteiger partial charge in [-0.25, -0.2) is 4.99 Å². The summed E-state index contributed by atoms with van der Waals surface area (Å²) in [4.78, 5) is 7.65. The maximum Gasteiger partial charge on any atom is 0.200 e. The van der Waals surface area contributed by atoms with Crippen molar-refractivity contribution in [1.29, 1.82) is 0 Å². The average molecular weight is 321 g/mol. The second-order valence-electron chi connectivity index (χ2n) is 5.26. The molecule has 0 radical (unpaired) electrons. The lowest BCUT2D eigenvalue weighted by atomic mass is 10.1. The number of nitrogens with two attached hydrogens (primary N) is 1. The zero-order chi connectivity index (χ0) is 16.2. The van der Waals surface area contributed by atoms with Crippen LogP contribution >= 0.6 is 11.8 Å². The van der Waals surface area contributed by atoms with Gasteiger partial charge in [0.15, 0.2) is 0 Å². The van der Waals surface area contributed by atoms with Gasteiger partial charge in [-0.3, -0.25) is 0 Å². The third-order valence-electron chi connectivity index (χ3n) is 3.76. The van der Waals surface area contributed by atoms with E-state index >= 15 is 0 Å². The van der Waals surface area contributed by atoms with E-state index in [2.05, 4.69) is 41.6 Å². The van der Waals surface area contributed by atoms with Crippen molar-refractivity contribution in [2.45, 2.75) is 4.90 Å². The summed E-state index contributed by atoms with van der Waals surface area (Å²) in [5.41, 5.74) is 8.07. The summed E-state index contributed by atoms with van der Waals surface area (Å²) in [5, 5.41) is 2.36. The van der Waals surface area contributed by atoms with E-state index in [0.29, 0.717) is 5.96 Å². The van der Waals surface area contributed by atoms with E-state index in [0.717, 1.165) is 16.8 Å². The Morgan fingerprint density at radius 2 is 1.74 bits per heavy atom. The van der Waals surface area contributed by atoms with Gasteiger partial charge < -0.3 is 10.6 Å². The van der Waals surface area contributed by atoms with Crippen molar-refractivity contribution >= 4 is 39.9 Å². The predicted octanol–water partition coefficient (Wildman–Crippen LogP) is 4.64. The molecule has 3 nitrogen and oxygen atoms in total. The Hall–Kier alpha value is -2.46. The molecule has 0 saturated heterocycles.